The molecule has 0 aliphatic carbocycles. The Bertz CT molecular complexity index is 839. The van der Waals surface area contributed by atoms with Crippen molar-refractivity contribution < 1.29 is 4.74 Å². The summed E-state index contributed by atoms with van der Waals surface area (Å²) in [7, 11) is 0. The highest BCUT2D eigenvalue weighted by molar-refractivity contribution is 6.32. The second kappa shape index (κ2) is 6.95. The van der Waals surface area contributed by atoms with Gasteiger partial charge in [0.05, 0.1) is 10.6 Å². The van der Waals surface area contributed by atoms with Gasteiger partial charge in [-0.2, -0.15) is 5.26 Å². The zero-order valence-corrected chi connectivity index (χ0v) is 13.0. The SMILES string of the molecule is N#Cc1c(Cl)cncc1-c1ccc(OCc2ccccc2)cc1. The Balaban J connectivity index is 1.78. The van der Waals surface area contributed by atoms with E-state index in [2.05, 4.69) is 11.1 Å². The van der Waals surface area contributed by atoms with Crippen molar-refractivity contribution in [2.75, 3.05) is 0 Å². The molecular formula is C19H13ClN2O. The topological polar surface area (TPSA) is 45.9 Å². The molecule has 0 radical (unpaired) electrons. The molecule has 0 aliphatic rings. The summed E-state index contributed by atoms with van der Waals surface area (Å²) >= 11 is 6.02. The van der Waals surface area contributed by atoms with E-state index < -0.39 is 0 Å². The van der Waals surface area contributed by atoms with Crippen LogP contribution in [0.5, 0.6) is 5.75 Å². The summed E-state index contributed by atoms with van der Waals surface area (Å²) in [5.41, 5.74) is 3.14. The Labute approximate surface area is 139 Å². The average Bonchev–Trinajstić information content (AvgIpc) is 2.61. The molecule has 0 spiro atoms. The van der Waals surface area contributed by atoms with Crippen molar-refractivity contribution >= 4 is 11.6 Å². The maximum atomic E-state index is 9.24. The van der Waals surface area contributed by atoms with E-state index in [0.717, 1.165) is 22.4 Å². The molecule has 112 valence electrons. The molecule has 2 aromatic carbocycles. The van der Waals surface area contributed by atoms with Crippen LogP contribution in [-0.2, 0) is 6.61 Å². The van der Waals surface area contributed by atoms with Gasteiger partial charge in [-0.1, -0.05) is 54.1 Å². The standard InChI is InChI=1S/C19H13ClN2O/c20-19-12-22-11-18(17(19)10-21)15-6-8-16(9-7-15)23-13-14-4-2-1-3-5-14/h1-9,11-12H,13H2. The first-order chi connectivity index (χ1) is 11.3. The minimum Gasteiger partial charge on any atom is -0.489 e. The van der Waals surface area contributed by atoms with Gasteiger partial charge in [-0.05, 0) is 23.3 Å². The van der Waals surface area contributed by atoms with Crippen molar-refractivity contribution in [1.29, 1.82) is 5.26 Å². The zero-order chi connectivity index (χ0) is 16.1. The summed E-state index contributed by atoms with van der Waals surface area (Å²) < 4.78 is 5.76. The molecule has 1 aromatic heterocycles. The third-order valence-electron chi connectivity index (χ3n) is 3.43. The fourth-order valence-electron chi connectivity index (χ4n) is 2.24. The number of rotatable bonds is 4. The first kappa shape index (κ1) is 15.1. The number of hydrogen-bond donors (Lipinski definition) is 0. The summed E-state index contributed by atoms with van der Waals surface area (Å²) in [6.07, 6.45) is 3.12. The Kier molecular flexibility index (Phi) is 4.56. The molecule has 0 unspecified atom stereocenters. The molecule has 23 heavy (non-hydrogen) atoms. The second-order valence-corrected chi connectivity index (χ2v) is 5.36. The maximum absolute atomic E-state index is 9.24. The van der Waals surface area contributed by atoms with E-state index in [1.54, 1.807) is 6.20 Å². The first-order valence-corrected chi connectivity index (χ1v) is 7.46. The van der Waals surface area contributed by atoms with E-state index in [1.807, 2.05) is 54.6 Å². The van der Waals surface area contributed by atoms with E-state index in [9.17, 15) is 5.26 Å². The molecule has 0 fully saturated rings. The van der Waals surface area contributed by atoms with Crippen LogP contribution in [0.15, 0.2) is 67.0 Å². The number of nitriles is 1. The second-order valence-electron chi connectivity index (χ2n) is 4.95. The number of nitrogens with zero attached hydrogens (tertiary/aromatic N) is 2. The Morgan fingerprint density at radius 2 is 1.74 bits per heavy atom. The molecular weight excluding hydrogens is 308 g/mol. The lowest BCUT2D eigenvalue weighted by molar-refractivity contribution is 0.306. The predicted molar refractivity (Wildman–Crippen MR) is 90.2 cm³/mol. The number of ether oxygens (including phenoxy) is 1. The summed E-state index contributed by atoms with van der Waals surface area (Å²) in [6.45, 7) is 0.516. The highest BCUT2D eigenvalue weighted by Gasteiger charge is 2.09. The van der Waals surface area contributed by atoms with Gasteiger partial charge in [0.25, 0.3) is 0 Å². The molecule has 0 bridgehead atoms. The summed E-state index contributed by atoms with van der Waals surface area (Å²) in [6, 6.07) is 19.6. The van der Waals surface area contributed by atoms with Gasteiger partial charge in [0.1, 0.15) is 18.4 Å². The van der Waals surface area contributed by atoms with E-state index in [0.29, 0.717) is 17.2 Å². The lowest BCUT2D eigenvalue weighted by Gasteiger charge is -2.08. The highest BCUT2D eigenvalue weighted by Crippen LogP contribution is 2.28. The van der Waals surface area contributed by atoms with E-state index in [-0.39, 0.29) is 0 Å². The molecule has 1 heterocycles. The number of benzene rings is 2. The minimum absolute atomic E-state index is 0.356. The highest BCUT2D eigenvalue weighted by atomic mass is 35.5. The molecule has 4 heteroatoms. The van der Waals surface area contributed by atoms with E-state index in [4.69, 9.17) is 16.3 Å². The molecule has 0 saturated heterocycles. The molecule has 3 aromatic rings. The largest absolute Gasteiger partial charge is 0.489 e. The monoisotopic (exact) mass is 320 g/mol. The van der Waals surface area contributed by atoms with Crippen molar-refractivity contribution in [3.05, 3.63) is 83.1 Å². The molecule has 3 nitrogen and oxygen atoms in total. The van der Waals surface area contributed by atoms with Crippen LogP contribution in [-0.4, -0.2) is 4.98 Å². The van der Waals surface area contributed by atoms with Crippen molar-refractivity contribution in [3.63, 3.8) is 0 Å². The van der Waals surface area contributed by atoms with Gasteiger partial charge < -0.3 is 4.74 Å². The van der Waals surface area contributed by atoms with Gasteiger partial charge in [-0.15, -0.1) is 0 Å². The van der Waals surface area contributed by atoms with Gasteiger partial charge in [-0.3, -0.25) is 4.98 Å². The Morgan fingerprint density at radius 1 is 1.00 bits per heavy atom. The summed E-state index contributed by atoms with van der Waals surface area (Å²) in [5.74, 6) is 0.770. The van der Waals surface area contributed by atoms with Gasteiger partial charge in [0, 0.05) is 18.0 Å². The summed E-state index contributed by atoms with van der Waals surface area (Å²) in [4.78, 5) is 4.05. The Hall–Kier alpha value is -2.83. The van der Waals surface area contributed by atoms with Crippen LogP contribution in [0.25, 0.3) is 11.1 Å². The molecule has 3 rings (SSSR count). The van der Waals surface area contributed by atoms with Crippen LogP contribution in [0.4, 0.5) is 0 Å². The predicted octanol–water partition coefficient (Wildman–Crippen LogP) is 4.85. The quantitative estimate of drug-likeness (QED) is 0.690. The fraction of sp³-hybridized carbons (Fsp3) is 0.0526. The molecule has 0 aliphatic heterocycles. The molecule has 0 N–H and O–H groups in total. The average molecular weight is 321 g/mol. The maximum Gasteiger partial charge on any atom is 0.119 e. The van der Waals surface area contributed by atoms with Gasteiger partial charge in [-0.25, -0.2) is 0 Å². The van der Waals surface area contributed by atoms with Gasteiger partial charge in [0.15, 0.2) is 0 Å². The van der Waals surface area contributed by atoms with Crippen LogP contribution in [0.2, 0.25) is 5.02 Å². The smallest absolute Gasteiger partial charge is 0.119 e. The molecule has 0 saturated carbocycles. The lowest BCUT2D eigenvalue weighted by atomic mass is 10.0. The Morgan fingerprint density at radius 3 is 2.43 bits per heavy atom. The third-order valence-corrected chi connectivity index (χ3v) is 3.71. The fourth-order valence-corrected chi connectivity index (χ4v) is 2.44. The van der Waals surface area contributed by atoms with Gasteiger partial charge in [0.2, 0.25) is 0 Å². The molecule has 0 amide bonds. The van der Waals surface area contributed by atoms with Gasteiger partial charge >= 0.3 is 0 Å². The zero-order valence-electron chi connectivity index (χ0n) is 12.2. The normalized spacial score (nSPS) is 10.1. The van der Waals surface area contributed by atoms with Crippen LogP contribution in [0, 0.1) is 11.3 Å². The van der Waals surface area contributed by atoms with Crippen molar-refractivity contribution in [1.82, 2.24) is 4.98 Å². The third kappa shape index (κ3) is 3.50. The van der Waals surface area contributed by atoms with Crippen molar-refractivity contribution in [3.8, 4) is 22.9 Å². The van der Waals surface area contributed by atoms with Crippen LogP contribution < -0.4 is 4.74 Å². The van der Waals surface area contributed by atoms with Crippen molar-refractivity contribution in [2.45, 2.75) is 6.61 Å². The number of halogens is 1. The van der Waals surface area contributed by atoms with E-state index in [1.165, 1.54) is 6.20 Å². The molecule has 0 atom stereocenters. The summed E-state index contributed by atoms with van der Waals surface area (Å²) in [5, 5.41) is 9.59. The van der Waals surface area contributed by atoms with Crippen LogP contribution in [0.1, 0.15) is 11.1 Å². The van der Waals surface area contributed by atoms with Crippen LogP contribution >= 0.6 is 11.6 Å². The van der Waals surface area contributed by atoms with Crippen LogP contribution in [0.3, 0.4) is 0 Å². The number of pyridine rings is 1. The van der Waals surface area contributed by atoms with Crippen molar-refractivity contribution in [2.24, 2.45) is 0 Å². The lowest BCUT2D eigenvalue weighted by Crippen LogP contribution is -1.95. The first-order valence-electron chi connectivity index (χ1n) is 7.08. The van der Waals surface area contributed by atoms with E-state index >= 15 is 0 Å². The minimum atomic E-state index is 0.356. The number of hydrogen-bond acceptors (Lipinski definition) is 3. The number of aromatic nitrogens is 1.